The SMILES string of the molecule is CCC(C)C1NC(=O)[C@H](Cc2ccc(O)cc2)NC(=O)CNC(=O)CCC(C(=O)N2CCCC2C(=O)NC(CC(C)C)C(=O)NCC(=O)NC)NC(=O)CNC(=O)C(C)NC1=O. The van der Waals surface area contributed by atoms with E-state index in [0.717, 1.165) is 0 Å². The molecule has 1 aromatic rings. The summed E-state index contributed by atoms with van der Waals surface area (Å²) in [5.41, 5.74) is 0.561. The van der Waals surface area contributed by atoms with Gasteiger partial charge in [-0.05, 0) is 62.1 Å². The second-order valence-corrected chi connectivity index (χ2v) is 16.0. The molecule has 0 bridgehead atoms. The van der Waals surface area contributed by atoms with Crippen LogP contribution in [0.2, 0.25) is 0 Å². The first-order valence-corrected chi connectivity index (χ1v) is 20.9. The van der Waals surface area contributed by atoms with Gasteiger partial charge in [0.05, 0.1) is 19.6 Å². The van der Waals surface area contributed by atoms with E-state index >= 15 is 0 Å². The van der Waals surface area contributed by atoms with Crippen LogP contribution in [-0.4, -0.2) is 139 Å². The molecule has 1 aromatic carbocycles. The number of phenolic OH excluding ortho intramolecular Hbond substituents is 1. The second-order valence-electron chi connectivity index (χ2n) is 16.0. The summed E-state index contributed by atoms with van der Waals surface area (Å²) < 4.78 is 0. The molecule has 10 amide bonds. The van der Waals surface area contributed by atoms with Crippen molar-refractivity contribution in [3.63, 3.8) is 0 Å². The molecule has 62 heavy (non-hydrogen) atoms. The minimum Gasteiger partial charge on any atom is -0.508 e. The van der Waals surface area contributed by atoms with Crippen LogP contribution in [0.4, 0.5) is 0 Å². The van der Waals surface area contributed by atoms with Crippen molar-refractivity contribution in [3.8, 4) is 5.75 Å². The van der Waals surface area contributed by atoms with Crippen LogP contribution >= 0.6 is 0 Å². The summed E-state index contributed by atoms with van der Waals surface area (Å²) >= 11 is 0. The largest absolute Gasteiger partial charge is 0.508 e. The molecule has 2 saturated heterocycles. The molecule has 10 N–H and O–H groups in total. The zero-order valence-corrected chi connectivity index (χ0v) is 36.2. The molecule has 21 nitrogen and oxygen atoms in total. The number of nitrogens with one attached hydrogen (secondary N) is 9. The topological polar surface area (TPSA) is 302 Å². The molecule has 0 spiro atoms. The smallest absolute Gasteiger partial charge is 0.245 e. The number of hydrogen-bond donors (Lipinski definition) is 10. The minimum atomic E-state index is -1.38. The van der Waals surface area contributed by atoms with Crippen molar-refractivity contribution in [3.05, 3.63) is 29.8 Å². The highest BCUT2D eigenvalue weighted by Crippen LogP contribution is 2.21. The summed E-state index contributed by atoms with van der Waals surface area (Å²) in [7, 11) is 1.41. The Hall–Kier alpha value is -6.28. The van der Waals surface area contributed by atoms with Gasteiger partial charge in [-0.3, -0.25) is 47.9 Å². The highest BCUT2D eigenvalue weighted by molar-refractivity contribution is 5.98. The molecule has 0 saturated carbocycles. The summed E-state index contributed by atoms with van der Waals surface area (Å²) in [6.07, 6.45) is 0.591. The first-order valence-electron chi connectivity index (χ1n) is 20.9. The van der Waals surface area contributed by atoms with E-state index in [9.17, 15) is 53.1 Å². The molecule has 6 unspecified atom stereocenters. The van der Waals surface area contributed by atoms with Gasteiger partial charge in [0.15, 0.2) is 0 Å². The van der Waals surface area contributed by atoms with Crippen LogP contribution in [0.15, 0.2) is 24.3 Å². The fraction of sp³-hybridized carbons (Fsp3) is 0.610. The number of likely N-dealkylation sites (N-methyl/N-ethyl adjacent to an activating group) is 1. The van der Waals surface area contributed by atoms with E-state index < -0.39 is 114 Å². The normalized spacial score (nSPS) is 23.3. The van der Waals surface area contributed by atoms with E-state index in [1.54, 1.807) is 26.0 Å². The van der Waals surface area contributed by atoms with E-state index in [1.807, 2.05) is 13.8 Å². The van der Waals surface area contributed by atoms with Crippen molar-refractivity contribution in [2.75, 3.05) is 33.2 Å². The zero-order valence-electron chi connectivity index (χ0n) is 36.2. The predicted molar refractivity (Wildman–Crippen MR) is 223 cm³/mol. The van der Waals surface area contributed by atoms with Crippen LogP contribution in [0.25, 0.3) is 0 Å². The number of phenols is 1. The maximum atomic E-state index is 14.1. The quantitative estimate of drug-likeness (QED) is 0.104. The van der Waals surface area contributed by atoms with E-state index in [-0.39, 0.29) is 56.9 Å². The molecule has 7 atom stereocenters. The molecule has 0 aromatic heterocycles. The summed E-state index contributed by atoms with van der Waals surface area (Å²) in [5.74, 6) is -7.30. The fourth-order valence-corrected chi connectivity index (χ4v) is 6.87. The maximum Gasteiger partial charge on any atom is 0.245 e. The Kier molecular flexibility index (Phi) is 19.6. The van der Waals surface area contributed by atoms with Crippen molar-refractivity contribution in [1.29, 1.82) is 0 Å². The van der Waals surface area contributed by atoms with Crippen molar-refractivity contribution in [2.45, 2.75) is 116 Å². The third-order valence-corrected chi connectivity index (χ3v) is 10.6. The lowest BCUT2D eigenvalue weighted by Crippen LogP contribution is -2.59. The van der Waals surface area contributed by atoms with Crippen molar-refractivity contribution < 1.29 is 53.1 Å². The zero-order chi connectivity index (χ0) is 46.1. The Labute approximate surface area is 360 Å². The molecule has 2 aliphatic heterocycles. The standard InChI is InChI=1S/C41H62N10O11/c1-7-23(4)35-40(61)46-24(5)36(57)44-21-34(56)47-27(14-15-31(53)43-20-33(55)48-29(38(59)50-35)18-25-10-12-26(52)13-11-25)41(62)51-16-8-9-30(51)39(60)49-28(17-22(2)3)37(58)45-19-32(54)42-6/h10-13,22-24,27-30,35,52H,7-9,14-21H2,1-6H3,(H,42,54)(H,43,53)(H,44,57)(H,45,58)(H,46,61)(H,47,56)(H,48,55)(H,49,60)(H,50,59)/t23?,24?,27?,28?,29-,30?,35?/m0/s1. The summed E-state index contributed by atoms with van der Waals surface area (Å²) in [6.45, 7) is 7.18. The highest BCUT2D eigenvalue weighted by Gasteiger charge is 2.39. The van der Waals surface area contributed by atoms with Gasteiger partial charge in [0.2, 0.25) is 59.1 Å². The lowest BCUT2D eigenvalue weighted by atomic mass is 9.96. The number of rotatable bonds is 12. The average molecular weight is 871 g/mol. The Bertz CT molecular complexity index is 1810. The van der Waals surface area contributed by atoms with Crippen LogP contribution in [0.5, 0.6) is 5.75 Å². The van der Waals surface area contributed by atoms with Gasteiger partial charge in [-0.25, -0.2) is 0 Å². The minimum absolute atomic E-state index is 0.0185. The maximum absolute atomic E-state index is 14.1. The van der Waals surface area contributed by atoms with Crippen molar-refractivity contribution in [1.82, 2.24) is 52.8 Å². The lowest BCUT2D eigenvalue weighted by Gasteiger charge is -2.30. The van der Waals surface area contributed by atoms with Gasteiger partial charge in [0.1, 0.15) is 42.0 Å². The van der Waals surface area contributed by atoms with E-state index in [4.69, 9.17) is 0 Å². The highest BCUT2D eigenvalue weighted by atomic mass is 16.3. The molecule has 3 rings (SSSR count). The summed E-state index contributed by atoms with van der Waals surface area (Å²) in [5, 5.41) is 32.6. The van der Waals surface area contributed by atoms with E-state index in [0.29, 0.717) is 18.4 Å². The molecule has 21 heteroatoms. The van der Waals surface area contributed by atoms with Gasteiger partial charge in [0, 0.05) is 26.4 Å². The monoisotopic (exact) mass is 870 g/mol. The molecule has 0 radical (unpaired) electrons. The number of likely N-dealkylation sites (tertiary alicyclic amines) is 1. The average Bonchev–Trinajstić information content (AvgIpc) is 3.74. The number of benzene rings is 1. The first-order chi connectivity index (χ1) is 29.3. The van der Waals surface area contributed by atoms with Crippen molar-refractivity contribution >= 4 is 59.1 Å². The number of amides is 10. The van der Waals surface area contributed by atoms with Gasteiger partial charge in [-0.1, -0.05) is 46.2 Å². The van der Waals surface area contributed by atoms with Crippen LogP contribution in [-0.2, 0) is 54.4 Å². The Morgan fingerprint density at radius 1 is 0.839 bits per heavy atom. The number of nitrogens with zero attached hydrogens (tertiary/aromatic N) is 1. The van der Waals surface area contributed by atoms with Gasteiger partial charge >= 0.3 is 0 Å². The third kappa shape index (κ3) is 15.6. The van der Waals surface area contributed by atoms with Gasteiger partial charge in [-0.2, -0.15) is 0 Å². The molecule has 342 valence electrons. The third-order valence-electron chi connectivity index (χ3n) is 10.6. The number of carbonyl (C=O) groups excluding carboxylic acids is 10. The number of carbonyl (C=O) groups is 10. The first kappa shape index (κ1) is 50.1. The number of hydrogen-bond acceptors (Lipinski definition) is 11. The van der Waals surface area contributed by atoms with Gasteiger partial charge < -0.3 is 57.9 Å². The molecule has 2 aliphatic rings. The van der Waals surface area contributed by atoms with Crippen LogP contribution in [0.3, 0.4) is 0 Å². The van der Waals surface area contributed by atoms with Crippen molar-refractivity contribution in [2.24, 2.45) is 11.8 Å². The lowest BCUT2D eigenvalue weighted by molar-refractivity contribution is -0.142. The summed E-state index contributed by atoms with van der Waals surface area (Å²) in [6, 6.07) is -1.10. The van der Waals surface area contributed by atoms with E-state index in [1.165, 1.54) is 31.0 Å². The molecule has 2 fully saturated rings. The van der Waals surface area contributed by atoms with E-state index in [2.05, 4.69) is 47.9 Å². The van der Waals surface area contributed by atoms with Crippen LogP contribution in [0.1, 0.15) is 78.7 Å². The molecular formula is C41H62N10O11. The predicted octanol–water partition coefficient (Wildman–Crippen LogP) is -2.65. The molecule has 0 aliphatic carbocycles. The Morgan fingerprint density at radius 2 is 1.50 bits per heavy atom. The van der Waals surface area contributed by atoms with Gasteiger partial charge in [-0.15, -0.1) is 0 Å². The fourth-order valence-electron chi connectivity index (χ4n) is 6.87. The van der Waals surface area contributed by atoms with Crippen LogP contribution in [0, 0.1) is 11.8 Å². The summed E-state index contributed by atoms with van der Waals surface area (Å²) in [4.78, 5) is 134. The second kappa shape index (κ2) is 24.2. The van der Waals surface area contributed by atoms with Gasteiger partial charge in [0.25, 0.3) is 0 Å². The molecule has 2 heterocycles. The number of aromatic hydroxyl groups is 1. The Balaban J connectivity index is 1.86. The molecular weight excluding hydrogens is 809 g/mol. The Morgan fingerprint density at radius 3 is 2.15 bits per heavy atom. The van der Waals surface area contributed by atoms with Crippen LogP contribution < -0.4 is 47.9 Å².